The first kappa shape index (κ1) is 17.6. The summed E-state index contributed by atoms with van der Waals surface area (Å²) in [5.41, 5.74) is 2.24. The number of Topliss-reactive ketones (excluding diaryl/α,β-unsaturated/α-hetero) is 1. The molecule has 130 valence electrons. The highest BCUT2D eigenvalue weighted by Gasteiger charge is 2.03. The van der Waals surface area contributed by atoms with E-state index in [9.17, 15) is 4.79 Å². The number of para-hydroxylation sites is 1. The lowest BCUT2D eigenvalue weighted by Gasteiger charge is -2.12. The number of benzene rings is 3. The summed E-state index contributed by atoms with van der Waals surface area (Å²) in [4.78, 5) is 11.4. The molecule has 4 nitrogen and oxygen atoms in total. The molecule has 0 spiro atoms. The quantitative estimate of drug-likeness (QED) is 0.464. The lowest BCUT2D eigenvalue weighted by molar-refractivity contribution is 0.101. The molecule has 0 aliphatic heterocycles. The summed E-state index contributed by atoms with van der Waals surface area (Å²) in [6.45, 7) is 1.54. The molecule has 5 heteroatoms. The molecule has 0 radical (unpaired) electrons. The maximum atomic E-state index is 11.4. The normalized spacial score (nSPS) is 10.0. The first-order valence-electron chi connectivity index (χ1n) is 8.12. The first-order chi connectivity index (χ1) is 12.6. The third kappa shape index (κ3) is 4.91. The van der Waals surface area contributed by atoms with Crippen LogP contribution in [0.4, 0.5) is 11.4 Å². The van der Waals surface area contributed by atoms with Gasteiger partial charge >= 0.3 is 0 Å². The second kappa shape index (κ2) is 8.27. The van der Waals surface area contributed by atoms with E-state index in [1.54, 1.807) is 12.1 Å². The SMILES string of the molecule is CC(=O)c1cccc(NC(=S)Nc2ccc(Oc3ccccc3)cc2)c1. The highest BCUT2D eigenvalue weighted by Crippen LogP contribution is 2.22. The maximum Gasteiger partial charge on any atom is 0.175 e. The number of carbonyl (C=O) groups is 1. The number of anilines is 2. The Morgan fingerprint density at radius 3 is 2.15 bits per heavy atom. The molecule has 0 aliphatic carbocycles. The van der Waals surface area contributed by atoms with Crippen LogP contribution in [-0.4, -0.2) is 10.9 Å². The van der Waals surface area contributed by atoms with E-state index >= 15 is 0 Å². The Labute approximate surface area is 157 Å². The van der Waals surface area contributed by atoms with Crippen molar-refractivity contribution in [2.24, 2.45) is 0 Å². The van der Waals surface area contributed by atoms with E-state index < -0.39 is 0 Å². The topological polar surface area (TPSA) is 50.4 Å². The lowest BCUT2D eigenvalue weighted by atomic mass is 10.1. The van der Waals surface area contributed by atoms with Gasteiger partial charge in [0.05, 0.1) is 0 Å². The smallest absolute Gasteiger partial charge is 0.175 e. The summed E-state index contributed by atoms with van der Waals surface area (Å²) in [6, 6.07) is 24.3. The first-order valence-corrected chi connectivity index (χ1v) is 8.53. The second-order valence-electron chi connectivity index (χ2n) is 5.66. The summed E-state index contributed by atoms with van der Waals surface area (Å²) in [6.07, 6.45) is 0. The molecule has 0 fully saturated rings. The van der Waals surface area contributed by atoms with Crippen molar-refractivity contribution in [3.8, 4) is 11.5 Å². The molecule has 0 unspecified atom stereocenters. The number of hydrogen-bond donors (Lipinski definition) is 2. The van der Waals surface area contributed by atoms with Crippen LogP contribution in [0, 0.1) is 0 Å². The van der Waals surface area contributed by atoms with Crippen molar-refractivity contribution in [3.05, 3.63) is 84.4 Å². The number of carbonyl (C=O) groups excluding carboxylic acids is 1. The van der Waals surface area contributed by atoms with Crippen molar-refractivity contribution in [1.82, 2.24) is 0 Å². The van der Waals surface area contributed by atoms with Crippen LogP contribution in [-0.2, 0) is 0 Å². The van der Waals surface area contributed by atoms with Crippen molar-refractivity contribution >= 4 is 34.5 Å². The number of thiocarbonyl (C=S) groups is 1. The van der Waals surface area contributed by atoms with Crippen molar-refractivity contribution in [2.75, 3.05) is 10.6 Å². The number of hydrogen-bond acceptors (Lipinski definition) is 3. The molecule has 3 aromatic carbocycles. The molecule has 0 aliphatic rings. The number of nitrogens with one attached hydrogen (secondary N) is 2. The van der Waals surface area contributed by atoms with Gasteiger partial charge in [0, 0.05) is 16.9 Å². The fourth-order valence-electron chi connectivity index (χ4n) is 2.34. The van der Waals surface area contributed by atoms with E-state index in [2.05, 4.69) is 10.6 Å². The summed E-state index contributed by atoms with van der Waals surface area (Å²) in [5.74, 6) is 1.55. The largest absolute Gasteiger partial charge is 0.457 e. The van der Waals surface area contributed by atoms with Gasteiger partial charge in [-0.05, 0) is 67.7 Å². The van der Waals surface area contributed by atoms with Crippen molar-refractivity contribution in [1.29, 1.82) is 0 Å². The predicted molar refractivity (Wildman–Crippen MR) is 109 cm³/mol. The Morgan fingerprint density at radius 2 is 1.46 bits per heavy atom. The Balaban J connectivity index is 1.59. The van der Waals surface area contributed by atoms with Gasteiger partial charge in [-0.15, -0.1) is 0 Å². The van der Waals surface area contributed by atoms with Crippen LogP contribution >= 0.6 is 12.2 Å². The molecule has 0 saturated heterocycles. The van der Waals surface area contributed by atoms with Crippen LogP contribution in [0.2, 0.25) is 0 Å². The van der Waals surface area contributed by atoms with E-state index in [4.69, 9.17) is 17.0 Å². The minimum Gasteiger partial charge on any atom is -0.457 e. The predicted octanol–water partition coefficient (Wildman–Crippen LogP) is 5.49. The number of ketones is 1. The lowest BCUT2D eigenvalue weighted by Crippen LogP contribution is -2.19. The zero-order valence-corrected chi connectivity index (χ0v) is 15.0. The molecule has 0 bridgehead atoms. The molecule has 2 N–H and O–H groups in total. The van der Waals surface area contributed by atoms with E-state index in [1.807, 2.05) is 66.7 Å². The Hall–Kier alpha value is -3.18. The van der Waals surface area contributed by atoms with E-state index in [1.165, 1.54) is 6.92 Å². The Morgan fingerprint density at radius 1 is 0.808 bits per heavy atom. The average molecular weight is 362 g/mol. The van der Waals surface area contributed by atoms with Crippen LogP contribution in [0.3, 0.4) is 0 Å². The molecule has 3 rings (SSSR count). The minimum absolute atomic E-state index is 0.0153. The summed E-state index contributed by atoms with van der Waals surface area (Å²) in [7, 11) is 0. The van der Waals surface area contributed by atoms with Crippen LogP contribution in [0.5, 0.6) is 11.5 Å². The summed E-state index contributed by atoms with van der Waals surface area (Å²) >= 11 is 5.33. The van der Waals surface area contributed by atoms with Gasteiger partial charge in [0.25, 0.3) is 0 Å². The van der Waals surface area contributed by atoms with Crippen LogP contribution in [0.15, 0.2) is 78.9 Å². The molecular formula is C21H18N2O2S. The maximum absolute atomic E-state index is 11.4. The van der Waals surface area contributed by atoms with Crippen molar-refractivity contribution < 1.29 is 9.53 Å². The van der Waals surface area contributed by atoms with Gasteiger partial charge in [0.1, 0.15) is 11.5 Å². The summed E-state index contributed by atoms with van der Waals surface area (Å²) in [5, 5.41) is 6.63. The average Bonchev–Trinajstić information content (AvgIpc) is 2.64. The van der Waals surface area contributed by atoms with Crippen molar-refractivity contribution in [3.63, 3.8) is 0 Å². The Kier molecular flexibility index (Phi) is 5.61. The van der Waals surface area contributed by atoms with Gasteiger partial charge in [0.2, 0.25) is 0 Å². The third-order valence-electron chi connectivity index (χ3n) is 3.62. The molecule has 0 amide bonds. The van der Waals surface area contributed by atoms with Crippen LogP contribution in [0.25, 0.3) is 0 Å². The van der Waals surface area contributed by atoms with Crippen molar-refractivity contribution in [2.45, 2.75) is 6.92 Å². The van der Waals surface area contributed by atoms with E-state index in [0.29, 0.717) is 10.7 Å². The minimum atomic E-state index is 0.0153. The third-order valence-corrected chi connectivity index (χ3v) is 3.82. The van der Waals surface area contributed by atoms with Gasteiger partial charge in [0.15, 0.2) is 10.9 Å². The van der Waals surface area contributed by atoms with Gasteiger partial charge in [-0.1, -0.05) is 30.3 Å². The van der Waals surface area contributed by atoms with Crippen LogP contribution in [0.1, 0.15) is 17.3 Å². The van der Waals surface area contributed by atoms with E-state index in [0.717, 1.165) is 22.9 Å². The van der Waals surface area contributed by atoms with Gasteiger partial charge in [-0.25, -0.2) is 0 Å². The molecule has 26 heavy (non-hydrogen) atoms. The molecule has 0 aromatic heterocycles. The summed E-state index contributed by atoms with van der Waals surface area (Å²) < 4.78 is 5.76. The molecular weight excluding hydrogens is 344 g/mol. The molecule has 3 aromatic rings. The van der Waals surface area contributed by atoms with Gasteiger partial charge < -0.3 is 15.4 Å². The molecule has 0 saturated carbocycles. The van der Waals surface area contributed by atoms with Gasteiger partial charge in [-0.2, -0.15) is 0 Å². The fourth-order valence-corrected chi connectivity index (χ4v) is 2.58. The Bertz CT molecular complexity index is 909. The zero-order valence-electron chi connectivity index (χ0n) is 14.2. The molecule has 0 heterocycles. The second-order valence-corrected chi connectivity index (χ2v) is 6.06. The zero-order chi connectivity index (χ0) is 18.4. The standard InChI is InChI=1S/C21H18N2O2S/c1-15(24)16-6-5-7-18(14-16)23-21(26)22-17-10-12-20(13-11-17)25-19-8-3-2-4-9-19/h2-14H,1H3,(H2,22,23,26). The van der Waals surface area contributed by atoms with E-state index in [-0.39, 0.29) is 5.78 Å². The molecule has 0 atom stereocenters. The fraction of sp³-hybridized carbons (Fsp3) is 0.0476. The number of rotatable bonds is 5. The van der Waals surface area contributed by atoms with Crippen LogP contribution < -0.4 is 15.4 Å². The monoisotopic (exact) mass is 362 g/mol. The highest BCUT2D eigenvalue weighted by atomic mass is 32.1. The number of ether oxygens (including phenoxy) is 1. The van der Waals surface area contributed by atoms with Gasteiger partial charge in [-0.3, -0.25) is 4.79 Å². The highest BCUT2D eigenvalue weighted by molar-refractivity contribution is 7.80.